The van der Waals surface area contributed by atoms with Gasteiger partial charge in [-0.2, -0.15) is 0 Å². The number of aryl methyl sites for hydroxylation is 1. The van der Waals surface area contributed by atoms with E-state index in [0.717, 1.165) is 5.39 Å². The summed E-state index contributed by atoms with van der Waals surface area (Å²) in [6.45, 7) is 0. The SMILES string of the molecule is CNC(=O)c1cc2cccnc2n(C)c1=O. The van der Waals surface area contributed by atoms with Gasteiger partial charge >= 0.3 is 0 Å². The maximum absolute atomic E-state index is 11.8. The van der Waals surface area contributed by atoms with Crippen LogP contribution < -0.4 is 10.9 Å². The van der Waals surface area contributed by atoms with E-state index < -0.39 is 0 Å². The van der Waals surface area contributed by atoms with Crippen LogP contribution in [-0.4, -0.2) is 22.5 Å². The molecule has 0 aliphatic rings. The minimum absolute atomic E-state index is 0.130. The van der Waals surface area contributed by atoms with Crippen LogP contribution in [0.4, 0.5) is 0 Å². The first kappa shape index (κ1) is 10.4. The van der Waals surface area contributed by atoms with Gasteiger partial charge in [0.05, 0.1) is 0 Å². The summed E-state index contributed by atoms with van der Waals surface area (Å²) < 4.78 is 1.37. The third-order valence-electron chi connectivity index (χ3n) is 2.44. The van der Waals surface area contributed by atoms with Gasteiger partial charge in [-0.25, -0.2) is 4.98 Å². The third kappa shape index (κ3) is 1.46. The predicted molar refractivity (Wildman–Crippen MR) is 60.4 cm³/mol. The van der Waals surface area contributed by atoms with Gasteiger partial charge < -0.3 is 5.32 Å². The molecule has 0 spiro atoms. The number of rotatable bonds is 1. The Morgan fingerprint density at radius 3 is 2.94 bits per heavy atom. The molecule has 0 aromatic carbocycles. The molecule has 0 saturated heterocycles. The fraction of sp³-hybridized carbons (Fsp3) is 0.182. The summed E-state index contributed by atoms with van der Waals surface area (Å²) in [5.41, 5.74) is 0.358. The van der Waals surface area contributed by atoms with Gasteiger partial charge in [-0.05, 0) is 18.2 Å². The average molecular weight is 217 g/mol. The minimum Gasteiger partial charge on any atom is -0.355 e. The lowest BCUT2D eigenvalue weighted by atomic mass is 10.2. The monoisotopic (exact) mass is 217 g/mol. The second-order valence-corrected chi connectivity index (χ2v) is 3.42. The molecule has 5 heteroatoms. The Morgan fingerprint density at radius 1 is 1.50 bits per heavy atom. The average Bonchev–Trinajstić information content (AvgIpc) is 2.33. The number of pyridine rings is 2. The normalized spacial score (nSPS) is 10.4. The molecule has 0 unspecified atom stereocenters. The van der Waals surface area contributed by atoms with Crippen molar-refractivity contribution in [3.8, 4) is 0 Å². The summed E-state index contributed by atoms with van der Waals surface area (Å²) >= 11 is 0. The number of nitrogens with one attached hydrogen (secondary N) is 1. The molecule has 0 aliphatic carbocycles. The van der Waals surface area contributed by atoms with E-state index in [4.69, 9.17) is 0 Å². The quantitative estimate of drug-likeness (QED) is 0.746. The third-order valence-corrected chi connectivity index (χ3v) is 2.44. The molecule has 0 saturated carbocycles. The van der Waals surface area contributed by atoms with E-state index in [2.05, 4.69) is 10.3 Å². The van der Waals surface area contributed by atoms with Gasteiger partial charge in [0, 0.05) is 25.7 Å². The Balaban J connectivity index is 2.84. The summed E-state index contributed by atoms with van der Waals surface area (Å²) in [6.07, 6.45) is 1.61. The highest BCUT2D eigenvalue weighted by Gasteiger charge is 2.12. The van der Waals surface area contributed by atoms with E-state index in [0.29, 0.717) is 5.65 Å². The second-order valence-electron chi connectivity index (χ2n) is 3.42. The molecule has 2 aromatic rings. The summed E-state index contributed by atoms with van der Waals surface area (Å²) in [6, 6.07) is 5.14. The number of nitrogens with zero attached hydrogens (tertiary/aromatic N) is 2. The molecule has 0 radical (unpaired) electrons. The van der Waals surface area contributed by atoms with Gasteiger partial charge in [0.1, 0.15) is 11.2 Å². The van der Waals surface area contributed by atoms with E-state index in [1.165, 1.54) is 11.6 Å². The van der Waals surface area contributed by atoms with Crippen LogP contribution in [0.5, 0.6) is 0 Å². The van der Waals surface area contributed by atoms with E-state index in [-0.39, 0.29) is 17.0 Å². The molecule has 2 heterocycles. The molecular formula is C11H11N3O2. The van der Waals surface area contributed by atoms with Gasteiger partial charge in [0.25, 0.3) is 11.5 Å². The zero-order valence-electron chi connectivity index (χ0n) is 9.02. The molecule has 0 aliphatic heterocycles. The van der Waals surface area contributed by atoms with Crippen molar-refractivity contribution in [2.45, 2.75) is 0 Å². The van der Waals surface area contributed by atoms with Gasteiger partial charge in [-0.1, -0.05) is 0 Å². The molecule has 2 rings (SSSR count). The number of hydrogen-bond donors (Lipinski definition) is 1. The van der Waals surface area contributed by atoms with Crippen molar-refractivity contribution in [1.29, 1.82) is 0 Å². The lowest BCUT2D eigenvalue weighted by Gasteiger charge is -2.06. The maximum atomic E-state index is 11.8. The fourth-order valence-corrected chi connectivity index (χ4v) is 1.59. The Labute approximate surface area is 91.7 Å². The largest absolute Gasteiger partial charge is 0.355 e. The van der Waals surface area contributed by atoms with Crippen molar-refractivity contribution in [1.82, 2.24) is 14.9 Å². The number of aromatic nitrogens is 2. The highest BCUT2D eigenvalue weighted by atomic mass is 16.2. The highest BCUT2D eigenvalue weighted by Crippen LogP contribution is 2.09. The van der Waals surface area contributed by atoms with Crippen LogP contribution in [-0.2, 0) is 7.05 Å². The van der Waals surface area contributed by atoms with Gasteiger partial charge in [-0.3, -0.25) is 14.2 Å². The fourth-order valence-electron chi connectivity index (χ4n) is 1.59. The van der Waals surface area contributed by atoms with E-state index in [9.17, 15) is 9.59 Å². The number of carbonyl (C=O) groups is 1. The van der Waals surface area contributed by atoms with Gasteiger partial charge in [-0.15, -0.1) is 0 Å². The van der Waals surface area contributed by atoms with E-state index in [1.54, 1.807) is 25.4 Å². The molecule has 2 aromatic heterocycles. The first-order chi connectivity index (χ1) is 7.65. The molecular weight excluding hydrogens is 206 g/mol. The standard InChI is InChI=1S/C11H11N3O2/c1-12-10(15)8-6-7-4-3-5-13-9(7)14(2)11(8)16/h3-6H,1-2H3,(H,12,15). The molecule has 0 bridgehead atoms. The van der Waals surface area contributed by atoms with E-state index >= 15 is 0 Å². The first-order valence-corrected chi connectivity index (χ1v) is 4.82. The Hall–Kier alpha value is -2.17. The van der Waals surface area contributed by atoms with Gasteiger partial charge in [0.15, 0.2) is 0 Å². The Kier molecular flexibility index (Phi) is 2.44. The van der Waals surface area contributed by atoms with Crippen molar-refractivity contribution in [2.75, 3.05) is 7.05 Å². The topological polar surface area (TPSA) is 64.0 Å². The van der Waals surface area contributed by atoms with Crippen molar-refractivity contribution < 1.29 is 4.79 Å². The van der Waals surface area contributed by atoms with E-state index in [1.807, 2.05) is 6.07 Å². The van der Waals surface area contributed by atoms with Crippen molar-refractivity contribution in [2.24, 2.45) is 7.05 Å². The summed E-state index contributed by atoms with van der Waals surface area (Å²) in [4.78, 5) is 27.4. The summed E-state index contributed by atoms with van der Waals surface area (Å²) in [7, 11) is 3.10. The van der Waals surface area contributed by atoms with Crippen molar-refractivity contribution >= 4 is 16.9 Å². The Morgan fingerprint density at radius 2 is 2.25 bits per heavy atom. The molecule has 0 fully saturated rings. The maximum Gasteiger partial charge on any atom is 0.264 e. The van der Waals surface area contributed by atoms with Crippen LogP contribution in [0.3, 0.4) is 0 Å². The van der Waals surface area contributed by atoms with Crippen LogP contribution in [0.1, 0.15) is 10.4 Å². The smallest absolute Gasteiger partial charge is 0.264 e. The number of fused-ring (bicyclic) bond motifs is 1. The number of carbonyl (C=O) groups excluding carboxylic acids is 1. The lowest BCUT2D eigenvalue weighted by molar-refractivity contribution is 0.0961. The highest BCUT2D eigenvalue weighted by molar-refractivity contribution is 5.96. The predicted octanol–water partition coefficient (Wildman–Crippen LogP) is 0.293. The van der Waals surface area contributed by atoms with Crippen molar-refractivity contribution in [3.05, 3.63) is 40.3 Å². The van der Waals surface area contributed by atoms with Gasteiger partial charge in [0.2, 0.25) is 0 Å². The molecule has 0 atom stereocenters. The van der Waals surface area contributed by atoms with Crippen LogP contribution in [0, 0.1) is 0 Å². The van der Waals surface area contributed by atoms with Crippen molar-refractivity contribution in [3.63, 3.8) is 0 Å². The molecule has 1 N–H and O–H groups in total. The number of hydrogen-bond acceptors (Lipinski definition) is 3. The first-order valence-electron chi connectivity index (χ1n) is 4.82. The second kappa shape index (κ2) is 3.77. The molecule has 5 nitrogen and oxygen atoms in total. The molecule has 1 amide bonds. The molecule has 16 heavy (non-hydrogen) atoms. The summed E-state index contributed by atoms with van der Waals surface area (Å²) in [5.74, 6) is -0.383. The Bertz CT molecular complexity index is 616. The summed E-state index contributed by atoms with van der Waals surface area (Å²) in [5, 5.41) is 3.21. The van der Waals surface area contributed by atoms with Crippen LogP contribution in [0.2, 0.25) is 0 Å². The van der Waals surface area contributed by atoms with Crippen LogP contribution in [0.15, 0.2) is 29.2 Å². The van der Waals surface area contributed by atoms with Crippen LogP contribution >= 0.6 is 0 Å². The molecule has 82 valence electrons. The number of amides is 1. The van der Waals surface area contributed by atoms with Crippen LogP contribution in [0.25, 0.3) is 11.0 Å². The zero-order valence-corrected chi connectivity index (χ0v) is 9.02. The lowest BCUT2D eigenvalue weighted by Crippen LogP contribution is -2.30. The minimum atomic E-state index is -0.383. The zero-order chi connectivity index (χ0) is 11.7.